The van der Waals surface area contributed by atoms with Crippen molar-refractivity contribution in [1.29, 1.82) is 0 Å². The molecule has 0 saturated heterocycles. The topological polar surface area (TPSA) is 9.23 Å². The summed E-state index contributed by atoms with van der Waals surface area (Å²) in [5, 5.41) is 0. The molecule has 0 bridgehead atoms. The van der Waals surface area contributed by atoms with Crippen LogP contribution in [0.1, 0.15) is 115 Å². The van der Waals surface area contributed by atoms with Crippen LogP contribution in [0.25, 0.3) is 0 Å². The minimum absolute atomic E-state index is 0.905. The van der Waals surface area contributed by atoms with Gasteiger partial charge in [0.1, 0.15) is 11.5 Å². The van der Waals surface area contributed by atoms with E-state index in [1.807, 2.05) is 36.4 Å². The fourth-order valence-corrected chi connectivity index (χ4v) is 4.27. The summed E-state index contributed by atoms with van der Waals surface area (Å²) < 4.78 is 5.95. The Morgan fingerprint density at radius 1 is 0.484 bits per heavy atom. The van der Waals surface area contributed by atoms with Gasteiger partial charge in [-0.2, -0.15) is 0 Å². The lowest BCUT2D eigenvalue weighted by molar-refractivity contribution is 0.481. The van der Waals surface area contributed by atoms with Gasteiger partial charge in [0.15, 0.2) is 0 Å². The third-order valence-corrected chi connectivity index (χ3v) is 6.20. The first-order valence-electron chi connectivity index (χ1n) is 13.2. The lowest BCUT2D eigenvalue weighted by atomic mass is 10.0. The Kier molecular flexibility index (Phi) is 14.7. The Morgan fingerprint density at radius 2 is 0.968 bits per heavy atom. The molecule has 0 aliphatic carbocycles. The van der Waals surface area contributed by atoms with Gasteiger partial charge in [-0.1, -0.05) is 134 Å². The zero-order valence-corrected chi connectivity index (χ0v) is 20.1. The van der Waals surface area contributed by atoms with Crippen LogP contribution in [-0.4, -0.2) is 0 Å². The number of unbranched alkanes of at least 4 members (excludes halogenated alkanes) is 15. The summed E-state index contributed by atoms with van der Waals surface area (Å²) >= 11 is 0. The van der Waals surface area contributed by atoms with E-state index in [1.54, 1.807) is 0 Å². The normalized spacial score (nSPS) is 11.0. The molecule has 2 aromatic carbocycles. The third-order valence-electron chi connectivity index (χ3n) is 6.20. The summed E-state index contributed by atoms with van der Waals surface area (Å²) in [6.07, 6.45) is 23.9. The van der Waals surface area contributed by atoms with E-state index < -0.39 is 0 Å². The van der Waals surface area contributed by atoms with E-state index in [0.29, 0.717) is 0 Å². The summed E-state index contributed by atoms with van der Waals surface area (Å²) in [7, 11) is 0. The SMILES string of the molecule is CCCCCCCCCCCCCCCCCCc1cccc(Oc2ccccc2)c1. The number of hydrogen-bond donors (Lipinski definition) is 0. The highest BCUT2D eigenvalue weighted by Gasteiger charge is 2.00. The summed E-state index contributed by atoms with van der Waals surface area (Å²) in [6, 6.07) is 18.6. The molecule has 0 heterocycles. The van der Waals surface area contributed by atoms with Gasteiger partial charge in [0.25, 0.3) is 0 Å². The highest BCUT2D eigenvalue weighted by molar-refractivity contribution is 5.33. The first-order valence-corrected chi connectivity index (χ1v) is 13.2. The Labute approximate surface area is 192 Å². The number of para-hydroxylation sites is 1. The van der Waals surface area contributed by atoms with Crippen LogP contribution in [-0.2, 0) is 6.42 Å². The van der Waals surface area contributed by atoms with Crippen LogP contribution in [0.15, 0.2) is 54.6 Å². The maximum atomic E-state index is 5.95. The lowest BCUT2D eigenvalue weighted by Gasteiger charge is -2.08. The van der Waals surface area contributed by atoms with Crippen molar-refractivity contribution < 1.29 is 4.74 Å². The van der Waals surface area contributed by atoms with Gasteiger partial charge in [0.05, 0.1) is 0 Å². The van der Waals surface area contributed by atoms with E-state index in [-0.39, 0.29) is 0 Å². The molecule has 2 rings (SSSR count). The molecule has 172 valence electrons. The van der Waals surface area contributed by atoms with Gasteiger partial charge in [-0.3, -0.25) is 0 Å². The maximum Gasteiger partial charge on any atom is 0.127 e. The second-order valence-electron chi connectivity index (χ2n) is 9.12. The molecule has 0 spiro atoms. The summed E-state index contributed by atoms with van der Waals surface area (Å²) in [4.78, 5) is 0. The third kappa shape index (κ3) is 13.3. The standard InChI is InChI=1S/C30H46O/c1-2-3-4-5-6-7-8-9-10-11-12-13-14-15-16-18-22-28-23-21-26-30(27-28)31-29-24-19-17-20-25-29/h17,19-21,23-27H,2-16,18,22H2,1H3. The predicted octanol–water partition coefficient (Wildman–Crippen LogP) is 10.3. The molecular weight excluding hydrogens is 376 g/mol. The van der Waals surface area contributed by atoms with Gasteiger partial charge in [-0.15, -0.1) is 0 Å². The molecule has 0 aliphatic heterocycles. The number of benzene rings is 2. The fourth-order valence-electron chi connectivity index (χ4n) is 4.27. The highest BCUT2D eigenvalue weighted by atomic mass is 16.5. The average molecular weight is 423 g/mol. The number of hydrogen-bond acceptors (Lipinski definition) is 1. The van der Waals surface area contributed by atoms with Crippen molar-refractivity contribution in [2.45, 2.75) is 116 Å². The van der Waals surface area contributed by atoms with Gasteiger partial charge in [0.2, 0.25) is 0 Å². The Morgan fingerprint density at radius 3 is 1.52 bits per heavy atom. The molecule has 0 fully saturated rings. The molecule has 1 heteroatoms. The zero-order chi connectivity index (χ0) is 21.8. The van der Waals surface area contributed by atoms with Crippen molar-refractivity contribution in [3.8, 4) is 11.5 Å². The van der Waals surface area contributed by atoms with Crippen LogP contribution in [0.3, 0.4) is 0 Å². The molecule has 31 heavy (non-hydrogen) atoms. The van der Waals surface area contributed by atoms with Crippen molar-refractivity contribution in [2.24, 2.45) is 0 Å². The molecule has 0 atom stereocenters. The largest absolute Gasteiger partial charge is 0.457 e. The van der Waals surface area contributed by atoms with Crippen LogP contribution in [0.5, 0.6) is 11.5 Å². The summed E-state index contributed by atoms with van der Waals surface area (Å²) in [5.74, 6) is 1.85. The Balaban J connectivity index is 1.39. The minimum Gasteiger partial charge on any atom is -0.457 e. The van der Waals surface area contributed by atoms with Crippen molar-refractivity contribution in [1.82, 2.24) is 0 Å². The van der Waals surface area contributed by atoms with Crippen molar-refractivity contribution in [3.63, 3.8) is 0 Å². The summed E-state index contributed by atoms with van der Waals surface area (Å²) in [6.45, 7) is 2.29. The van der Waals surface area contributed by atoms with E-state index in [9.17, 15) is 0 Å². The van der Waals surface area contributed by atoms with E-state index in [4.69, 9.17) is 4.74 Å². The quantitative estimate of drug-likeness (QED) is 0.205. The van der Waals surface area contributed by atoms with E-state index >= 15 is 0 Å². The highest BCUT2D eigenvalue weighted by Crippen LogP contribution is 2.23. The molecule has 0 aromatic heterocycles. The number of ether oxygens (including phenoxy) is 1. The van der Waals surface area contributed by atoms with E-state index in [1.165, 1.54) is 108 Å². The molecule has 0 saturated carbocycles. The van der Waals surface area contributed by atoms with Crippen LogP contribution in [0.4, 0.5) is 0 Å². The first kappa shape index (κ1) is 25.5. The molecule has 1 nitrogen and oxygen atoms in total. The van der Waals surface area contributed by atoms with Crippen LogP contribution in [0, 0.1) is 0 Å². The molecule has 0 aliphatic rings. The maximum absolute atomic E-state index is 5.95. The zero-order valence-electron chi connectivity index (χ0n) is 20.1. The molecule has 0 radical (unpaired) electrons. The number of rotatable bonds is 19. The molecule has 2 aromatic rings. The van der Waals surface area contributed by atoms with Crippen molar-refractivity contribution in [3.05, 3.63) is 60.2 Å². The second kappa shape index (κ2) is 17.9. The fraction of sp³-hybridized carbons (Fsp3) is 0.600. The summed E-state index contributed by atoms with van der Waals surface area (Å²) in [5.41, 5.74) is 1.39. The smallest absolute Gasteiger partial charge is 0.127 e. The van der Waals surface area contributed by atoms with Gasteiger partial charge < -0.3 is 4.74 Å². The van der Waals surface area contributed by atoms with Gasteiger partial charge in [-0.25, -0.2) is 0 Å². The number of aryl methyl sites for hydroxylation is 1. The minimum atomic E-state index is 0.905. The molecule has 0 unspecified atom stereocenters. The Bertz CT molecular complexity index is 648. The predicted molar refractivity (Wildman–Crippen MR) is 136 cm³/mol. The second-order valence-corrected chi connectivity index (χ2v) is 9.12. The van der Waals surface area contributed by atoms with Gasteiger partial charge in [0, 0.05) is 0 Å². The van der Waals surface area contributed by atoms with E-state index in [2.05, 4.69) is 25.1 Å². The van der Waals surface area contributed by atoms with Gasteiger partial charge >= 0.3 is 0 Å². The van der Waals surface area contributed by atoms with Crippen LogP contribution in [0.2, 0.25) is 0 Å². The first-order chi connectivity index (χ1) is 15.4. The Hall–Kier alpha value is -1.76. The van der Waals surface area contributed by atoms with Gasteiger partial charge in [-0.05, 0) is 42.7 Å². The van der Waals surface area contributed by atoms with Crippen LogP contribution < -0.4 is 4.74 Å². The van der Waals surface area contributed by atoms with E-state index in [0.717, 1.165) is 17.9 Å². The molecular formula is C30H46O. The lowest BCUT2D eigenvalue weighted by Crippen LogP contribution is -1.89. The van der Waals surface area contributed by atoms with Crippen LogP contribution >= 0.6 is 0 Å². The van der Waals surface area contributed by atoms with Crippen molar-refractivity contribution in [2.75, 3.05) is 0 Å². The van der Waals surface area contributed by atoms with Crippen molar-refractivity contribution >= 4 is 0 Å². The molecule has 0 amide bonds. The monoisotopic (exact) mass is 422 g/mol. The molecule has 0 N–H and O–H groups in total. The average Bonchev–Trinajstić information content (AvgIpc) is 2.80.